The lowest BCUT2D eigenvalue weighted by molar-refractivity contribution is 0.311. The molecule has 9 heteroatoms. The Bertz CT molecular complexity index is 1200. The topological polar surface area (TPSA) is 65.7 Å². The summed E-state index contributed by atoms with van der Waals surface area (Å²) in [7, 11) is 1.54. The monoisotopic (exact) mass is 569 g/mol. The normalized spacial score (nSPS) is 11.4. The van der Waals surface area contributed by atoms with Crippen molar-refractivity contribution in [3.8, 4) is 11.5 Å². The first-order valence-corrected chi connectivity index (χ1v) is 11.8. The van der Waals surface area contributed by atoms with Gasteiger partial charge in [0.2, 0.25) is 0 Å². The fraction of sp³-hybridized carbons (Fsp3) is 0.318. The van der Waals surface area contributed by atoms with E-state index in [0.29, 0.717) is 56.3 Å². The number of benzene rings is 2. The lowest BCUT2D eigenvalue weighted by atomic mass is 10.2. The number of hydrogen-bond donors (Lipinski definition) is 0. The van der Waals surface area contributed by atoms with Crippen LogP contribution >= 0.6 is 43.5 Å². The number of aromatic nitrogens is 2. The number of methoxy groups -OCH3 is 1. The number of ether oxygens (including phenoxy) is 2. The number of hydrogen-bond acceptors (Lipinski definition) is 5. The maximum absolute atomic E-state index is 13.2. The SMILES string of the molecule is CCCCc1nc2ccc(Br)cc2c(=O)n1N=Cc1cc(OC)c(OCC)c(Cl)c1Br. The van der Waals surface area contributed by atoms with Crippen LogP contribution in [0.25, 0.3) is 10.9 Å². The predicted octanol–water partition coefficient (Wildman–Crippen LogP) is 6.21. The Morgan fingerprint density at radius 3 is 2.71 bits per heavy atom. The Morgan fingerprint density at radius 1 is 1.26 bits per heavy atom. The van der Waals surface area contributed by atoms with E-state index in [0.717, 1.165) is 17.3 Å². The molecule has 0 aliphatic carbocycles. The van der Waals surface area contributed by atoms with Gasteiger partial charge < -0.3 is 9.47 Å². The van der Waals surface area contributed by atoms with E-state index in [-0.39, 0.29) is 5.56 Å². The Hall–Kier alpha value is -1.90. The molecule has 0 saturated heterocycles. The highest BCUT2D eigenvalue weighted by Crippen LogP contribution is 2.42. The number of rotatable bonds is 8. The van der Waals surface area contributed by atoms with E-state index < -0.39 is 0 Å². The van der Waals surface area contributed by atoms with E-state index in [1.54, 1.807) is 25.5 Å². The minimum absolute atomic E-state index is 0.228. The van der Waals surface area contributed by atoms with Gasteiger partial charge in [-0.25, -0.2) is 4.98 Å². The molecule has 0 saturated carbocycles. The summed E-state index contributed by atoms with van der Waals surface area (Å²) in [5.41, 5.74) is 1.07. The lowest BCUT2D eigenvalue weighted by Crippen LogP contribution is -2.22. The highest BCUT2D eigenvalue weighted by Gasteiger charge is 2.17. The number of nitrogens with zero attached hydrogens (tertiary/aromatic N) is 3. The van der Waals surface area contributed by atoms with E-state index in [1.807, 2.05) is 19.1 Å². The molecule has 2 aromatic carbocycles. The number of halogens is 3. The molecule has 3 rings (SSSR count). The van der Waals surface area contributed by atoms with Crippen molar-refractivity contribution in [1.82, 2.24) is 9.66 Å². The summed E-state index contributed by atoms with van der Waals surface area (Å²) in [5, 5.41) is 5.35. The zero-order valence-electron chi connectivity index (χ0n) is 17.4. The van der Waals surface area contributed by atoms with Crippen molar-refractivity contribution in [2.75, 3.05) is 13.7 Å². The molecular weight excluding hydrogens is 550 g/mol. The Labute approximate surface area is 202 Å². The van der Waals surface area contributed by atoms with Gasteiger partial charge in [-0.3, -0.25) is 4.79 Å². The van der Waals surface area contributed by atoms with E-state index in [1.165, 1.54) is 4.68 Å². The first kappa shape index (κ1) is 23.8. The van der Waals surface area contributed by atoms with Gasteiger partial charge in [-0.1, -0.05) is 40.9 Å². The molecule has 1 aromatic heterocycles. The second-order valence-corrected chi connectivity index (χ2v) is 8.80. The van der Waals surface area contributed by atoms with E-state index in [9.17, 15) is 4.79 Å². The molecule has 1 heterocycles. The van der Waals surface area contributed by atoms with E-state index in [4.69, 9.17) is 21.1 Å². The van der Waals surface area contributed by atoms with Crippen molar-refractivity contribution in [3.63, 3.8) is 0 Å². The molecule has 0 aliphatic heterocycles. The number of unbranched alkanes of at least 4 members (excludes halogenated alkanes) is 1. The molecular formula is C22H22Br2ClN3O3. The minimum atomic E-state index is -0.228. The predicted molar refractivity (Wildman–Crippen MR) is 132 cm³/mol. The van der Waals surface area contributed by atoms with Gasteiger partial charge in [0.05, 0.1) is 30.8 Å². The maximum Gasteiger partial charge on any atom is 0.282 e. The van der Waals surface area contributed by atoms with Crippen LogP contribution in [0.3, 0.4) is 0 Å². The molecule has 0 aliphatic rings. The van der Waals surface area contributed by atoms with E-state index in [2.05, 4.69) is 48.9 Å². The third-order valence-corrected chi connectivity index (χ3v) is 6.54. The highest BCUT2D eigenvalue weighted by molar-refractivity contribution is 9.10. The maximum atomic E-state index is 13.2. The van der Waals surface area contributed by atoms with Crippen LogP contribution in [-0.4, -0.2) is 29.6 Å². The van der Waals surface area contributed by atoms with Gasteiger partial charge in [-0.05, 0) is 53.5 Å². The second-order valence-electron chi connectivity index (χ2n) is 6.71. The Kier molecular flexibility index (Phi) is 8.13. The van der Waals surface area contributed by atoms with Crippen molar-refractivity contribution >= 4 is 60.6 Å². The first-order chi connectivity index (χ1) is 14.9. The van der Waals surface area contributed by atoms with Crippen molar-refractivity contribution in [2.24, 2.45) is 5.10 Å². The number of fused-ring (bicyclic) bond motifs is 1. The third kappa shape index (κ3) is 5.13. The Balaban J connectivity index is 2.15. The third-order valence-electron chi connectivity index (χ3n) is 4.61. The van der Waals surface area contributed by atoms with Crippen LogP contribution in [0.4, 0.5) is 0 Å². The van der Waals surface area contributed by atoms with Crippen LogP contribution in [0.15, 0.2) is 43.1 Å². The first-order valence-electron chi connectivity index (χ1n) is 9.85. The molecule has 0 spiro atoms. The summed E-state index contributed by atoms with van der Waals surface area (Å²) >= 11 is 13.4. The van der Waals surface area contributed by atoms with Crippen molar-refractivity contribution < 1.29 is 9.47 Å². The van der Waals surface area contributed by atoms with Crippen LogP contribution in [-0.2, 0) is 6.42 Å². The van der Waals surface area contributed by atoms with Gasteiger partial charge >= 0.3 is 0 Å². The molecule has 164 valence electrons. The summed E-state index contributed by atoms with van der Waals surface area (Å²) in [5.74, 6) is 1.54. The average Bonchev–Trinajstić information content (AvgIpc) is 2.76. The fourth-order valence-electron chi connectivity index (χ4n) is 3.06. The molecule has 0 radical (unpaired) electrons. The van der Waals surface area contributed by atoms with Crippen molar-refractivity contribution in [3.05, 3.63) is 60.0 Å². The minimum Gasteiger partial charge on any atom is -0.493 e. The van der Waals surface area contributed by atoms with Gasteiger partial charge in [0.15, 0.2) is 11.5 Å². The van der Waals surface area contributed by atoms with Crippen LogP contribution in [0, 0.1) is 0 Å². The van der Waals surface area contributed by atoms with Gasteiger partial charge in [-0.2, -0.15) is 9.78 Å². The molecule has 0 fully saturated rings. The van der Waals surface area contributed by atoms with Crippen molar-refractivity contribution in [1.29, 1.82) is 0 Å². The number of aryl methyl sites for hydroxylation is 1. The lowest BCUT2D eigenvalue weighted by Gasteiger charge is -2.14. The molecule has 0 N–H and O–H groups in total. The zero-order chi connectivity index (χ0) is 22.5. The van der Waals surface area contributed by atoms with Crippen LogP contribution < -0.4 is 15.0 Å². The van der Waals surface area contributed by atoms with E-state index >= 15 is 0 Å². The summed E-state index contributed by atoms with van der Waals surface area (Å²) in [4.78, 5) is 17.9. The molecule has 0 bridgehead atoms. The van der Waals surface area contributed by atoms with Crippen molar-refractivity contribution in [2.45, 2.75) is 33.1 Å². The molecule has 6 nitrogen and oxygen atoms in total. The fourth-order valence-corrected chi connectivity index (χ4v) is 4.07. The molecule has 31 heavy (non-hydrogen) atoms. The van der Waals surface area contributed by atoms with Crippen LogP contribution in [0.5, 0.6) is 11.5 Å². The van der Waals surface area contributed by atoms with Crippen LogP contribution in [0.2, 0.25) is 5.02 Å². The zero-order valence-corrected chi connectivity index (χ0v) is 21.3. The average molecular weight is 572 g/mol. The van der Waals surface area contributed by atoms with Gasteiger partial charge in [0.1, 0.15) is 10.8 Å². The van der Waals surface area contributed by atoms with Crippen LogP contribution in [0.1, 0.15) is 38.1 Å². The molecule has 3 aromatic rings. The quantitative estimate of drug-likeness (QED) is 0.302. The molecule has 0 atom stereocenters. The van der Waals surface area contributed by atoms with Gasteiger partial charge in [-0.15, -0.1) is 0 Å². The Morgan fingerprint density at radius 2 is 2.03 bits per heavy atom. The summed E-state index contributed by atoms with van der Waals surface area (Å²) < 4.78 is 13.8. The highest BCUT2D eigenvalue weighted by atomic mass is 79.9. The largest absolute Gasteiger partial charge is 0.493 e. The standard InChI is InChI=1S/C22H22Br2ClN3O3/c1-4-6-7-18-27-16-9-8-14(23)11-15(16)22(29)28(18)26-12-13-10-17(30-3)21(31-5-2)20(25)19(13)24/h8-12H,4-7H2,1-3H3. The summed E-state index contributed by atoms with van der Waals surface area (Å²) in [6, 6.07) is 7.22. The summed E-state index contributed by atoms with van der Waals surface area (Å²) in [6.45, 7) is 4.41. The van der Waals surface area contributed by atoms with Gasteiger partial charge in [0, 0.05) is 20.9 Å². The van der Waals surface area contributed by atoms with Gasteiger partial charge in [0.25, 0.3) is 5.56 Å². The molecule has 0 unspecified atom stereocenters. The molecule has 0 amide bonds. The second kappa shape index (κ2) is 10.6. The summed E-state index contributed by atoms with van der Waals surface area (Å²) in [6.07, 6.45) is 4.09. The smallest absolute Gasteiger partial charge is 0.282 e.